The Morgan fingerprint density at radius 1 is 1.00 bits per heavy atom. The molecule has 7 heteroatoms. The molecule has 13 heavy (non-hydrogen) atoms. The molecule has 0 aliphatic rings. The molecular formula is C6H17N2NaO2S2. The van der Waals surface area contributed by atoms with E-state index in [2.05, 4.69) is 49.8 Å². The van der Waals surface area contributed by atoms with Crippen LogP contribution in [-0.2, 0) is 0 Å². The first-order chi connectivity index (χ1) is 5.38. The van der Waals surface area contributed by atoms with Gasteiger partial charge in [-0.1, -0.05) is 26.7 Å². The summed E-state index contributed by atoms with van der Waals surface area (Å²) in [6.45, 7) is 4.36. The fourth-order valence-corrected chi connectivity index (χ4v) is 0. The van der Waals surface area contributed by atoms with Gasteiger partial charge in [0.05, 0.1) is 0 Å². The van der Waals surface area contributed by atoms with Crippen molar-refractivity contribution in [1.82, 2.24) is 0 Å². The van der Waals surface area contributed by atoms with Crippen LogP contribution in [0.15, 0.2) is 0 Å². The molecule has 0 fully saturated rings. The summed E-state index contributed by atoms with van der Waals surface area (Å²) < 4.78 is 0. The topological polar surface area (TPSA) is 92.5 Å². The van der Waals surface area contributed by atoms with Crippen molar-refractivity contribution in [3.05, 3.63) is 0 Å². The molecule has 0 amide bonds. The van der Waals surface area contributed by atoms with E-state index in [-0.39, 0.29) is 29.6 Å². The van der Waals surface area contributed by atoms with Crippen molar-refractivity contribution >= 4 is 64.3 Å². The average molecular weight is 236 g/mol. The van der Waals surface area contributed by atoms with Gasteiger partial charge in [0.1, 0.15) is 0 Å². The van der Waals surface area contributed by atoms with Gasteiger partial charge in [-0.3, -0.25) is 0 Å². The Kier molecular flexibility index (Phi) is 40.9. The van der Waals surface area contributed by atoms with Crippen molar-refractivity contribution in [2.75, 3.05) is 0 Å². The van der Waals surface area contributed by atoms with E-state index in [1.54, 1.807) is 0 Å². The van der Waals surface area contributed by atoms with Gasteiger partial charge in [0.2, 0.25) is 0 Å². The van der Waals surface area contributed by atoms with E-state index in [0.29, 0.717) is 0 Å². The first kappa shape index (κ1) is 23.3. The van der Waals surface area contributed by atoms with Crippen LogP contribution in [0.3, 0.4) is 0 Å². The second-order valence-corrected chi connectivity index (χ2v) is 2.51. The van der Waals surface area contributed by atoms with E-state index < -0.39 is 10.3 Å². The van der Waals surface area contributed by atoms with Gasteiger partial charge < -0.3 is 21.7 Å². The van der Waals surface area contributed by atoms with Crippen molar-refractivity contribution in [3.63, 3.8) is 0 Å². The fraction of sp³-hybridized carbons (Fsp3) is 0.667. The first-order valence-corrected chi connectivity index (χ1v) is 4.16. The van der Waals surface area contributed by atoms with Crippen LogP contribution in [0.5, 0.6) is 0 Å². The number of hydrogen-bond acceptors (Lipinski definition) is 2. The molecule has 0 heterocycles. The molecule has 0 atom stereocenters. The quantitative estimate of drug-likeness (QED) is 0.396. The van der Waals surface area contributed by atoms with Gasteiger partial charge >= 0.3 is 29.6 Å². The van der Waals surface area contributed by atoms with E-state index in [4.69, 9.17) is 10.2 Å². The van der Waals surface area contributed by atoms with Crippen LogP contribution < -0.4 is 11.5 Å². The summed E-state index contributed by atoms with van der Waals surface area (Å²) in [4.78, 5) is 0. The predicted octanol–water partition coefficient (Wildman–Crippen LogP) is 0.734. The van der Waals surface area contributed by atoms with Gasteiger partial charge in [-0.05, 0) is 24.4 Å². The molecule has 0 spiro atoms. The maximum atomic E-state index is 7.56. The van der Waals surface area contributed by atoms with Crippen LogP contribution in [0, 0.1) is 0 Å². The van der Waals surface area contributed by atoms with Crippen LogP contribution >= 0.6 is 24.4 Å². The summed E-state index contributed by atoms with van der Waals surface area (Å²) in [5.74, 6) is 0. The minimum atomic E-state index is -0.500. The Morgan fingerprint density at radius 2 is 1.08 bits per heavy atom. The van der Waals surface area contributed by atoms with Gasteiger partial charge in [-0.15, -0.1) is 0 Å². The zero-order chi connectivity index (χ0) is 10.6. The molecule has 6 N–H and O–H groups in total. The van der Waals surface area contributed by atoms with Crippen LogP contribution in [0.2, 0.25) is 0 Å². The fourth-order valence-electron chi connectivity index (χ4n) is 0. The van der Waals surface area contributed by atoms with Gasteiger partial charge in [0, 0.05) is 0 Å². The number of thiocarbonyl (C=S) groups is 2. The molecule has 0 aromatic carbocycles. The zero-order valence-electron chi connectivity index (χ0n) is 7.28. The molecule has 0 aliphatic heterocycles. The summed E-state index contributed by atoms with van der Waals surface area (Å²) in [5.41, 5.74) is 8.80. The van der Waals surface area contributed by atoms with Crippen molar-refractivity contribution in [1.29, 1.82) is 0 Å². The summed E-state index contributed by atoms with van der Waals surface area (Å²) in [7, 11) is 0. The molecule has 0 saturated heterocycles. The van der Waals surface area contributed by atoms with Crippen LogP contribution in [0.1, 0.15) is 26.7 Å². The third-order valence-corrected chi connectivity index (χ3v) is 0.500. The summed E-state index contributed by atoms with van der Waals surface area (Å²) >= 11 is 7.74. The van der Waals surface area contributed by atoms with Crippen LogP contribution in [-0.4, -0.2) is 50.1 Å². The molecular weight excluding hydrogens is 219 g/mol. The SMILES string of the molecule is CCCC.NC(O)=S.NC(O)=S.[NaH]. The summed E-state index contributed by atoms with van der Waals surface area (Å²) in [6, 6.07) is 0. The number of aliphatic hydroxyl groups excluding tert-OH is 2. The van der Waals surface area contributed by atoms with Gasteiger partial charge in [-0.2, -0.15) is 0 Å². The molecule has 0 saturated carbocycles. The van der Waals surface area contributed by atoms with Crippen molar-refractivity contribution in [3.8, 4) is 0 Å². The van der Waals surface area contributed by atoms with E-state index in [1.807, 2.05) is 0 Å². The molecule has 0 unspecified atom stereocenters. The molecule has 0 bridgehead atoms. The Hall–Kier alpha value is 0.380. The molecule has 0 aromatic rings. The van der Waals surface area contributed by atoms with E-state index >= 15 is 0 Å². The zero-order valence-corrected chi connectivity index (χ0v) is 8.91. The molecule has 76 valence electrons. The second kappa shape index (κ2) is 22.8. The Bertz CT molecular complexity index is 103. The van der Waals surface area contributed by atoms with Gasteiger partial charge in [-0.25, -0.2) is 0 Å². The van der Waals surface area contributed by atoms with Crippen LogP contribution in [0.25, 0.3) is 0 Å². The normalized spacial score (nSPS) is 6.00. The van der Waals surface area contributed by atoms with E-state index in [9.17, 15) is 0 Å². The van der Waals surface area contributed by atoms with Gasteiger partial charge in [0.25, 0.3) is 10.3 Å². The Labute approximate surface area is 112 Å². The number of nitrogens with two attached hydrogens (primary N) is 2. The second-order valence-electron chi connectivity index (χ2n) is 1.68. The third-order valence-electron chi connectivity index (χ3n) is 0.500. The van der Waals surface area contributed by atoms with Crippen molar-refractivity contribution < 1.29 is 10.2 Å². The molecule has 4 nitrogen and oxygen atoms in total. The number of hydrogen-bond donors (Lipinski definition) is 4. The monoisotopic (exact) mass is 236 g/mol. The Balaban J connectivity index is -0.0000000450. The third kappa shape index (κ3) is 700. The molecule has 0 aromatic heterocycles. The average Bonchev–Trinajstić information content (AvgIpc) is 1.85. The van der Waals surface area contributed by atoms with E-state index in [1.165, 1.54) is 12.8 Å². The van der Waals surface area contributed by atoms with E-state index in [0.717, 1.165) is 0 Å². The standard InChI is InChI=1S/C4H10.2CH3NOS.Na.H/c1-3-4-2;2*2-1(3)4;;/h3-4H2,1-2H3;2*(H3,2,3,4);;. The van der Waals surface area contributed by atoms with Crippen LogP contribution in [0.4, 0.5) is 0 Å². The number of unbranched alkanes of at least 4 members (excludes halogenated alkanes) is 1. The predicted molar refractivity (Wildman–Crippen MR) is 66.6 cm³/mol. The Morgan fingerprint density at radius 3 is 1.08 bits per heavy atom. The van der Waals surface area contributed by atoms with Crippen molar-refractivity contribution in [2.24, 2.45) is 11.5 Å². The number of aliphatic hydroxyl groups is 2. The minimum absolute atomic E-state index is 0. The molecule has 0 rings (SSSR count). The van der Waals surface area contributed by atoms with Gasteiger partial charge in [0.15, 0.2) is 0 Å². The first-order valence-electron chi connectivity index (χ1n) is 3.35. The molecule has 0 radical (unpaired) electrons. The maximum absolute atomic E-state index is 7.56. The number of rotatable bonds is 1. The summed E-state index contributed by atoms with van der Waals surface area (Å²) in [5, 5.41) is 14.1. The molecule has 0 aliphatic carbocycles. The van der Waals surface area contributed by atoms with Crippen molar-refractivity contribution in [2.45, 2.75) is 26.7 Å². The summed E-state index contributed by atoms with van der Waals surface area (Å²) in [6.07, 6.45) is 2.64.